The van der Waals surface area contributed by atoms with E-state index in [1.807, 2.05) is 12.1 Å². The number of amides is 1. The average Bonchev–Trinajstić information content (AvgIpc) is 2.93. The Hall–Kier alpha value is -0.870. The van der Waals surface area contributed by atoms with Crippen LogP contribution in [-0.4, -0.2) is 24.2 Å². The van der Waals surface area contributed by atoms with E-state index in [9.17, 15) is 9.90 Å². The molecule has 1 aromatic rings. The summed E-state index contributed by atoms with van der Waals surface area (Å²) in [4.78, 5) is 12.1. The van der Waals surface area contributed by atoms with Crippen LogP contribution in [0.3, 0.4) is 0 Å². The Labute approximate surface area is 135 Å². The summed E-state index contributed by atoms with van der Waals surface area (Å²) in [7, 11) is 0. The van der Waals surface area contributed by atoms with Crippen LogP contribution in [0.25, 0.3) is 0 Å². The molecule has 1 aliphatic carbocycles. The third kappa shape index (κ3) is 4.82. The van der Waals surface area contributed by atoms with Gasteiger partial charge in [-0.2, -0.15) is 0 Å². The van der Waals surface area contributed by atoms with Crippen LogP contribution in [0.15, 0.2) is 28.7 Å². The minimum absolute atomic E-state index is 0.106. The molecule has 21 heavy (non-hydrogen) atoms. The van der Waals surface area contributed by atoms with Crippen LogP contribution in [0, 0.1) is 11.8 Å². The molecule has 2 N–H and O–H groups in total. The topological polar surface area (TPSA) is 49.3 Å². The van der Waals surface area contributed by atoms with Crippen molar-refractivity contribution < 1.29 is 9.90 Å². The molecule has 116 valence electrons. The molecule has 0 aromatic heterocycles. The SMILES string of the molecule is CC(CC(=O)NCC1CCCC1CO)c1ccc(Br)cc1. The summed E-state index contributed by atoms with van der Waals surface area (Å²) in [5, 5.41) is 12.3. The first kappa shape index (κ1) is 16.5. The summed E-state index contributed by atoms with van der Waals surface area (Å²) in [5.41, 5.74) is 1.18. The molecule has 1 saturated carbocycles. The van der Waals surface area contributed by atoms with E-state index < -0.39 is 0 Å². The molecule has 0 spiro atoms. The van der Waals surface area contributed by atoms with Gasteiger partial charge in [0, 0.05) is 24.0 Å². The fourth-order valence-electron chi connectivity index (χ4n) is 3.13. The van der Waals surface area contributed by atoms with Crippen LogP contribution in [0.5, 0.6) is 0 Å². The second kappa shape index (κ2) is 7.95. The molecular formula is C17H24BrNO2. The number of hydrogen-bond donors (Lipinski definition) is 2. The van der Waals surface area contributed by atoms with Crippen LogP contribution in [0.4, 0.5) is 0 Å². The van der Waals surface area contributed by atoms with Crippen molar-refractivity contribution in [1.29, 1.82) is 0 Å². The number of carbonyl (C=O) groups is 1. The molecule has 1 aliphatic rings. The van der Waals surface area contributed by atoms with Gasteiger partial charge < -0.3 is 10.4 Å². The molecular weight excluding hydrogens is 330 g/mol. The molecule has 2 rings (SSSR count). The van der Waals surface area contributed by atoms with Crippen LogP contribution in [0.1, 0.15) is 44.1 Å². The average molecular weight is 354 g/mol. The van der Waals surface area contributed by atoms with Gasteiger partial charge in [-0.25, -0.2) is 0 Å². The van der Waals surface area contributed by atoms with Gasteiger partial charge in [0.1, 0.15) is 0 Å². The van der Waals surface area contributed by atoms with Gasteiger partial charge in [0.25, 0.3) is 0 Å². The second-order valence-electron chi connectivity index (χ2n) is 6.09. The zero-order chi connectivity index (χ0) is 15.2. The van der Waals surface area contributed by atoms with E-state index in [0.717, 1.165) is 17.3 Å². The van der Waals surface area contributed by atoms with Crippen LogP contribution >= 0.6 is 15.9 Å². The van der Waals surface area contributed by atoms with Crippen molar-refractivity contribution in [3.63, 3.8) is 0 Å². The Morgan fingerprint density at radius 3 is 2.67 bits per heavy atom. The van der Waals surface area contributed by atoms with E-state index >= 15 is 0 Å². The summed E-state index contributed by atoms with van der Waals surface area (Å²) in [5.74, 6) is 1.14. The summed E-state index contributed by atoms with van der Waals surface area (Å²) >= 11 is 3.42. The Bertz CT molecular complexity index is 460. The predicted molar refractivity (Wildman–Crippen MR) is 88.1 cm³/mol. The van der Waals surface area contributed by atoms with Gasteiger partial charge in [0.05, 0.1) is 0 Å². The Morgan fingerprint density at radius 1 is 1.33 bits per heavy atom. The molecule has 0 radical (unpaired) electrons. The normalized spacial score (nSPS) is 23.0. The fraction of sp³-hybridized carbons (Fsp3) is 0.588. The summed E-state index contributed by atoms with van der Waals surface area (Å²) < 4.78 is 1.05. The maximum Gasteiger partial charge on any atom is 0.220 e. The first-order chi connectivity index (χ1) is 10.1. The molecule has 3 atom stereocenters. The highest BCUT2D eigenvalue weighted by atomic mass is 79.9. The first-order valence-corrected chi connectivity index (χ1v) is 8.52. The molecule has 1 fully saturated rings. The van der Waals surface area contributed by atoms with Gasteiger partial charge in [-0.1, -0.05) is 41.4 Å². The van der Waals surface area contributed by atoms with Crippen molar-refractivity contribution in [2.75, 3.05) is 13.2 Å². The Kier molecular flexibility index (Phi) is 6.24. The lowest BCUT2D eigenvalue weighted by Crippen LogP contribution is -2.32. The molecule has 3 nitrogen and oxygen atoms in total. The maximum absolute atomic E-state index is 12.1. The molecule has 1 aromatic carbocycles. The lowest BCUT2D eigenvalue weighted by atomic mass is 9.95. The lowest BCUT2D eigenvalue weighted by molar-refractivity contribution is -0.121. The summed E-state index contributed by atoms with van der Waals surface area (Å²) in [6, 6.07) is 8.13. The van der Waals surface area contributed by atoms with Crippen LogP contribution in [0.2, 0.25) is 0 Å². The highest BCUT2D eigenvalue weighted by Crippen LogP contribution is 2.30. The van der Waals surface area contributed by atoms with Crippen molar-refractivity contribution in [3.8, 4) is 0 Å². The van der Waals surface area contributed by atoms with Crippen molar-refractivity contribution in [2.24, 2.45) is 11.8 Å². The van der Waals surface area contributed by atoms with Crippen molar-refractivity contribution in [1.82, 2.24) is 5.32 Å². The predicted octanol–water partition coefficient (Wildman–Crippen LogP) is 3.47. The summed E-state index contributed by atoms with van der Waals surface area (Å²) in [6.07, 6.45) is 3.89. The largest absolute Gasteiger partial charge is 0.396 e. The highest BCUT2D eigenvalue weighted by Gasteiger charge is 2.26. The number of aliphatic hydroxyl groups excluding tert-OH is 1. The zero-order valence-corrected chi connectivity index (χ0v) is 14.1. The van der Waals surface area contributed by atoms with Gasteiger partial charge >= 0.3 is 0 Å². The monoisotopic (exact) mass is 353 g/mol. The minimum Gasteiger partial charge on any atom is -0.396 e. The molecule has 0 heterocycles. The van der Waals surface area contributed by atoms with E-state index in [1.54, 1.807) is 0 Å². The number of benzene rings is 1. The quantitative estimate of drug-likeness (QED) is 0.822. The maximum atomic E-state index is 12.1. The zero-order valence-electron chi connectivity index (χ0n) is 12.5. The number of halogens is 1. The second-order valence-corrected chi connectivity index (χ2v) is 7.01. The summed E-state index contributed by atoms with van der Waals surface area (Å²) in [6.45, 7) is 3.03. The molecule has 3 unspecified atom stereocenters. The molecule has 0 aliphatic heterocycles. The molecule has 0 bridgehead atoms. The number of hydrogen-bond acceptors (Lipinski definition) is 2. The van der Waals surface area contributed by atoms with Gasteiger partial charge in [0.2, 0.25) is 5.91 Å². The van der Waals surface area contributed by atoms with Gasteiger partial charge in [-0.05, 0) is 48.3 Å². The highest BCUT2D eigenvalue weighted by molar-refractivity contribution is 9.10. The third-order valence-corrected chi connectivity index (χ3v) is 5.07. The molecule has 1 amide bonds. The van der Waals surface area contributed by atoms with E-state index in [2.05, 4.69) is 40.3 Å². The number of nitrogens with one attached hydrogen (secondary N) is 1. The third-order valence-electron chi connectivity index (χ3n) is 4.54. The lowest BCUT2D eigenvalue weighted by Gasteiger charge is -2.18. The number of rotatable bonds is 6. The first-order valence-electron chi connectivity index (χ1n) is 7.73. The molecule has 0 saturated heterocycles. The van der Waals surface area contributed by atoms with Crippen molar-refractivity contribution in [3.05, 3.63) is 34.3 Å². The molecule has 4 heteroatoms. The van der Waals surface area contributed by atoms with Crippen molar-refractivity contribution in [2.45, 2.75) is 38.5 Å². The smallest absolute Gasteiger partial charge is 0.220 e. The van der Waals surface area contributed by atoms with Crippen LogP contribution in [-0.2, 0) is 4.79 Å². The fourth-order valence-corrected chi connectivity index (χ4v) is 3.39. The minimum atomic E-state index is 0.106. The number of carbonyl (C=O) groups excluding carboxylic acids is 1. The Morgan fingerprint density at radius 2 is 2.00 bits per heavy atom. The van der Waals surface area contributed by atoms with Gasteiger partial charge in [-0.3, -0.25) is 4.79 Å². The van der Waals surface area contributed by atoms with E-state index in [0.29, 0.717) is 24.8 Å². The van der Waals surface area contributed by atoms with Gasteiger partial charge in [-0.15, -0.1) is 0 Å². The Balaban J connectivity index is 1.77. The van der Waals surface area contributed by atoms with Gasteiger partial charge in [0.15, 0.2) is 0 Å². The van der Waals surface area contributed by atoms with E-state index in [4.69, 9.17) is 0 Å². The van der Waals surface area contributed by atoms with Crippen molar-refractivity contribution >= 4 is 21.8 Å². The number of aliphatic hydroxyl groups is 1. The standard InChI is InChI=1S/C17H24BrNO2/c1-12(13-5-7-16(18)8-6-13)9-17(21)19-10-14-3-2-4-15(14)11-20/h5-8,12,14-15,20H,2-4,9-11H2,1H3,(H,19,21). The van der Waals surface area contributed by atoms with Crippen LogP contribution < -0.4 is 5.32 Å². The van der Waals surface area contributed by atoms with E-state index in [1.165, 1.54) is 12.0 Å². The van der Waals surface area contributed by atoms with E-state index in [-0.39, 0.29) is 18.4 Å².